The second-order valence-corrected chi connectivity index (χ2v) is 7.76. The number of aromatic nitrogens is 2. The van der Waals surface area contributed by atoms with Gasteiger partial charge in [-0.25, -0.2) is 4.98 Å². The third-order valence-corrected chi connectivity index (χ3v) is 6.18. The van der Waals surface area contributed by atoms with Crippen LogP contribution in [0, 0.1) is 6.92 Å². The molecule has 1 aromatic heterocycles. The Morgan fingerprint density at radius 1 is 1.19 bits per heavy atom. The van der Waals surface area contributed by atoms with Crippen molar-refractivity contribution in [2.24, 2.45) is 0 Å². The van der Waals surface area contributed by atoms with Gasteiger partial charge in [0, 0.05) is 55.8 Å². The Bertz CT molecular complexity index is 860. The maximum absolute atomic E-state index is 12.8. The molecule has 1 saturated heterocycles. The lowest BCUT2D eigenvalue weighted by Gasteiger charge is -2.36. The second kappa shape index (κ2) is 7.15. The quantitative estimate of drug-likeness (QED) is 0.773. The molecule has 1 aromatic carbocycles. The van der Waals surface area contributed by atoms with Crippen molar-refractivity contribution in [3.05, 3.63) is 52.4 Å². The smallest absolute Gasteiger partial charge is 0.257 e. The second-order valence-electron chi connectivity index (χ2n) is 6.77. The number of fused-ring (bicyclic) bond motifs is 1. The molecule has 0 spiro atoms. The van der Waals surface area contributed by atoms with Crippen molar-refractivity contribution >= 4 is 23.4 Å². The average molecular weight is 370 g/mol. The van der Waals surface area contributed by atoms with Crippen molar-refractivity contribution in [3.63, 3.8) is 0 Å². The van der Waals surface area contributed by atoms with E-state index in [0.29, 0.717) is 12.0 Å². The summed E-state index contributed by atoms with van der Waals surface area (Å²) in [6.07, 6.45) is 1.99. The van der Waals surface area contributed by atoms with Gasteiger partial charge in [-0.3, -0.25) is 14.2 Å². The van der Waals surface area contributed by atoms with Crippen LogP contribution in [0.2, 0.25) is 0 Å². The van der Waals surface area contributed by atoms with Crippen LogP contribution in [0.25, 0.3) is 0 Å². The molecule has 0 bridgehead atoms. The Balaban J connectivity index is 1.39. The number of carbonyl (C=O) groups is 1. The summed E-state index contributed by atoms with van der Waals surface area (Å²) in [5, 5.41) is 0.729. The van der Waals surface area contributed by atoms with Gasteiger partial charge in [0.15, 0.2) is 5.16 Å². The minimum Gasteiger partial charge on any atom is -0.368 e. The van der Waals surface area contributed by atoms with Crippen LogP contribution in [0.4, 0.5) is 5.69 Å². The van der Waals surface area contributed by atoms with E-state index in [2.05, 4.69) is 22.0 Å². The van der Waals surface area contributed by atoms with E-state index in [1.165, 1.54) is 5.69 Å². The topological polar surface area (TPSA) is 58.4 Å². The Kier molecular flexibility index (Phi) is 4.72. The predicted molar refractivity (Wildman–Crippen MR) is 103 cm³/mol. The first-order valence-electron chi connectivity index (χ1n) is 8.92. The summed E-state index contributed by atoms with van der Waals surface area (Å²) < 4.78 is 1.71. The zero-order valence-corrected chi connectivity index (χ0v) is 15.6. The molecule has 7 heteroatoms. The highest BCUT2D eigenvalue weighted by molar-refractivity contribution is 7.99. The fourth-order valence-electron chi connectivity index (χ4n) is 3.55. The van der Waals surface area contributed by atoms with Crippen LogP contribution < -0.4 is 10.5 Å². The molecule has 3 heterocycles. The van der Waals surface area contributed by atoms with Gasteiger partial charge in [-0.05, 0) is 19.1 Å². The molecule has 2 aromatic rings. The normalized spacial score (nSPS) is 19.5. The molecule has 1 atom stereocenters. The summed E-state index contributed by atoms with van der Waals surface area (Å²) in [5.41, 5.74) is 1.81. The predicted octanol–water partition coefficient (Wildman–Crippen LogP) is 1.94. The van der Waals surface area contributed by atoms with Crippen LogP contribution in [-0.2, 0) is 4.79 Å². The van der Waals surface area contributed by atoms with Crippen LogP contribution in [-0.4, -0.2) is 52.3 Å². The van der Waals surface area contributed by atoms with Gasteiger partial charge in [0.25, 0.3) is 5.56 Å². The van der Waals surface area contributed by atoms with Crippen molar-refractivity contribution < 1.29 is 4.79 Å². The van der Waals surface area contributed by atoms with Crippen molar-refractivity contribution in [2.45, 2.75) is 24.5 Å². The molecular formula is C19H22N4O2S. The number of piperazine rings is 1. The van der Waals surface area contributed by atoms with Crippen molar-refractivity contribution in [1.29, 1.82) is 0 Å². The van der Waals surface area contributed by atoms with Crippen LogP contribution in [0.1, 0.15) is 18.0 Å². The number of hydrogen-bond acceptors (Lipinski definition) is 5. The van der Waals surface area contributed by atoms with Gasteiger partial charge >= 0.3 is 0 Å². The number of nitrogens with zero attached hydrogens (tertiary/aromatic N) is 4. The standard InChI is InChI=1S/C19H22N4O2S/c1-14-12-20-19-23(18(14)25)16(13-26-19)11-17(24)22-9-7-21(8-10-22)15-5-3-2-4-6-15/h2-6,12,16H,7-11,13H2,1H3. The van der Waals surface area contributed by atoms with E-state index in [0.717, 1.165) is 37.1 Å². The first-order valence-corrected chi connectivity index (χ1v) is 9.91. The van der Waals surface area contributed by atoms with E-state index in [4.69, 9.17) is 0 Å². The maximum Gasteiger partial charge on any atom is 0.257 e. The molecule has 0 radical (unpaired) electrons. The van der Waals surface area contributed by atoms with E-state index in [1.807, 2.05) is 23.1 Å². The lowest BCUT2D eigenvalue weighted by molar-refractivity contribution is -0.132. The first kappa shape index (κ1) is 17.1. The van der Waals surface area contributed by atoms with Crippen molar-refractivity contribution in [3.8, 4) is 0 Å². The van der Waals surface area contributed by atoms with Gasteiger partial charge < -0.3 is 9.80 Å². The summed E-state index contributed by atoms with van der Waals surface area (Å²) in [7, 11) is 0. The molecule has 0 N–H and O–H groups in total. The zero-order chi connectivity index (χ0) is 18.1. The summed E-state index contributed by atoms with van der Waals surface area (Å²) in [6.45, 7) is 4.90. The van der Waals surface area contributed by atoms with Crippen LogP contribution in [0.5, 0.6) is 0 Å². The fourth-order valence-corrected chi connectivity index (χ4v) is 4.66. The molecule has 1 amide bonds. The number of aryl methyl sites for hydroxylation is 1. The fraction of sp³-hybridized carbons (Fsp3) is 0.421. The molecule has 26 heavy (non-hydrogen) atoms. The molecule has 1 unspecified atom stereocenters. The number of thioether (sulfide) groups is 1. The molecule has 1 fully saturated rings. The van der Waals surface area contributed by atoms with Crippen LogP contribution in [0.3, 0.4) is 0 Å². The Labute approximate surface area is 156 Å². The zero-order valence-electron chi connectivity index (χ0n) is 14.8. The highest BCUT2D eigenvalue weighted by atomic mass is 32.2. The molecular weight excluding hydrogens is 348 g/mol. The number of para-hydroxylation sites is 1. The summed E-state index contributed by atoms with van der Waals surface area (Å²) >= 11 is 1.56. The molecule has 2 aliphatic rings. The highest BCUT2D eigenvalue weighted by Gasteiger charge is 2.30. The van der Waals surface area contributed by atoms with Gasteiger partial charge in [0.05, 0.1) is 6.04 Å². The first-order chi connectivity index (χ1) is 12.6. The van der Waals surface area contributed by atoms with E-state index in [9.17, 15) is 9.59 Å². The van der Waals surface area contributed by atoms with Crippen LogP contribution in [0.15, 0.2) is 46.5 Å². The summed E-state index contributed by atoms with van der Waals surface area (Å²) in [4.78, 5) is 33.7. The molecule has 0 aliphatic carbocycles. The summed E-state index contributed by atoms with van der Waals surface area (Å²) in [6, 6.07) is 10.2. The third kappa shape index (κ3) is 3.23. The minimum atomic E-state index is -0.0884. The van der Waals surface area contributed by atoms with E-state index in [-0.39, 0.29) is 17.5 Å². The highest BCUT2D eigenvalue weighted by Crippen LogP contribution is 2.32. The van der Waals surface area contributed by atoms with E-state index < -0.39 is 0 Å². The summed E-state index contributed by atoms with van der Waals surface area (Å²) in [5.74, 6) is 0.867. The van der Waals surface area contributed by atoms with Crippen LogP contribution >= 0.6 is 11.8 Å². The number of anilines is 1. The van der Waals surface area contributed by atoms with Gasteiger partial charge in [-0.1, -0.05) is 30.0 Å². The Morgan fingerprint density at radius 3 is 2.65 bits per heavy atom. The molecule has 2 aliphatic heterocycles. The number of amides is 1. The van der Waals surface area contributed by atoms with Crippen molar-refractivity contribution in [2.75, 3.05) is 36.8 Å². The SMILES string of the molecule is Cc1cnc2n(c1=O)C(CC(=O)N1CCN(c3ccccc3)CC1)CS2. The lowest BCUT2D eigenvalue weighted by Crippen LogP contribution is -2.49. The molecule has 136 valence electrons. The molecule has 6 nitrogen and oxygen atoms in total. The minimum absolute atomic E-state index is 0.0216. The third-order valence-electron chi connectivity index (χ3n) is 5.06. The van der Waals surface area contributed by atoms with Gasteiger partial charge in [-0.2, -0.15) is 0 Å². The number of benzene rings is 1. The Morgan fingerprint density at radius 2 is 1.92 bits per heavy atom. The number of rotatable bonds is 3. The Hall–Kier alpha value is -2.28. The largest absolute Gasteiger partial charge is 0.368 e. The van der Waals surface area contributed by atoms with Gasteiger partial charge in [0.2, 0.25) is 5.91 Å². The lowest BCUT2D eigenvalue weighted by atomic mass is 10.1. The van der Waals surface area contributed by atoms with Crippen molar-refractivity contribution in [1.82, 2.24) is 14.5 Å². The van der Waals surface area contributed by atoms with E-state index >= 15 is 0 Å². The average Bonchev–Trinajstić information content (AvgIpc) is 3.09. The van der Waals surface area contributed by atoms with E-state index in [1.54, 1.807) is 29.4 Å². The number of carbonyl (C=O) groups excluding carboxylic acids is 1. The van der Waals surface area contributed by atoms with Gasteiger partial charge in [0.1, 0.15) is 0 Å². The number of hydrogen-bond donors (Lipinski definition) is 0. The maximum atomic E-state index is 12.8. The molecule has 4 rings (SSSR count). The molecule has 0 saturated carbocycles. The monoisotopic (exact) mass is 370 g/mol. The van der Waals surface area contributed by atoms with Gasteiger partial charge in [-0.15, -0.1) is 0 Å².